The second kappa shape index (κ2) is 7.61. The Morgan fingerprint density at radius 1 is 1.14 bits per heavy atom. The minimum absolute atomic E-state index is 0.114. The number of amides is 2. The molecule has 1 aromatic heterocycles. The minimum atomic E-state index is -0.330. The van der Waals surface area contributed by atoms with Crippen LogP contribution in [0.2, 0.25) is 0 Å². The number of hydrogen-bond acceptors (Lipinski definition) is 4. The summed E-state index contributed by atoms with van der Waals surface area (Å²) in [4.78, 5) is 33.6. The van der Waals surface area contributed by atoms with Gasteiger partial charge in [-0.25, -0.2) is 9.37 Å². The molecule has 2 amide bonds. The Bertz CT molecular complexity index is 945. The predicted octanol–water partition coefficient (Wildman–Crippen LogP) is 3.44. The number of nitrogens with zero attached hydrogens (tertiary/aromatic N) is 3. The van der Waals surface area contributed by atoms with E-state index < -0.39 is 0 Å². The number of carbonyl (C=O) groups excluding carboxylic acids is 2. The van der Waals surface area contributed by atoms with Crippen LogP contribution in [0.25, 0.3) is 0 Å². The van der Waals surface area contributed by atoms with Crippen LogP contribution >= 0.6 is 0 Å². The molecule has 1 fully saturated rings. The SMILES string of the molecule is Cc1cc(C(=O)N2CCc3oc(C(=O)N4C[C@H](C)C[C@H](C)C4)nc3C2)ccc1F. The minimum Gasteiger partial charge on any atom is -0.437 e. The van der Waals surface area contributed by atoms with Crippen molar-refractivity contribution in [1.82, 2.24) is 14.8 Å². The summed E-state index contributed by atoms with van der Waals surface area (Å²) < 4.78 is 19.3. The monoisotopic (exact) mass is 399 g/mol. The molecule has 3 heterocycles. The lowest BCUT2D eigenvalue weighted by molar-refractivity contribution is 0.0580. The van der Waals surface area contributed by atoms with E-state index in [0.29, 0.717) is 60.5 Å². The topological polar surface area (TPSA) is 66.7 Å². The largest absolute Gasteiger partial charge is 0.437 e. The fourth-order valence-corrected chi connectivity index (χ4v) is 4.39. The number of rotatable bonds is 2. The van der Waals surface area contributed by atoms with Crippen molar-refractivity contribution in [3.63, 3.8) is 0 Å². The second-order valence-corrected chi connectivity index (χ2v) is 8.49. The van der Waals surface area contributed by atoms with Crippen LogP contribution in [0, 0.1) is 24.6 Å². The Hall–Kier alpha value is -2.70. The second-order valence-electron chi connectivity index (χ2n) is 8.49. The summed E-state index contributed by atoms with van der Waals surface area (Å²) in [7, 11) is 0. The van der Waals surface area contributed by atoms with Crippen LogP contribution in [0.1, 0.15) is 58.3 Å². The first-order valence-electron chi connectivity index (χ1n) is 10.1. The van der Waals surface area contributed by atoms with Crippen molar-refractivity contribution < 1.29 is 18.4 Å². The maximum Gasteiger partial charge on any atom is 0.309 e. The summed E-state index contributed by atoms with van der Waals surface area (Å²) in [6.07, 6.45) is 1.63. The number of aryl methyl sites for hydroxylation is 1. The zero-order valence-electron chi connectivity index (χ0n) is 17.1. The molecular formula is C22H26FN3O3. The first kappa shape index (κ1) is 19.6. The van der Waals surface area contributed by atoms with Crippen LogP contribution in [-0.2, 0) is 13.0 Å². The average Bonchev–Trinajstić information content (AvgIpc) is 3.11. The quantitative estimate of drug-likeness (QED) is 0.776. The Labute approximate surface area is 169 Å². The molecule has 29 heavy (non-hydrogen) atoms. The summed E-state index contributed by atoms with van der Waals surface area (Å²) in [5.74, 6) is 1.02. The number of piperidine rings is 1. The predicted molar refractivity (Wildman–Crippen MR) is 105 cm³/mol. The van der Waals surface area contributed by atoms with Crippen molar-refractivity contribution in [3.8, 4) is 0 Å². The van der Waals surface area contributed by atoms with Crippen molar-refractivity contribution in [2.24, 2.45) is 11.8 Å². The molecular weight excluding hydrogens is 373 g/mol. The molecule has 0 aliphatic carbocycles. The molecule has 4 rings (SSSR count). The summed E-state index contributed by atoms with van der Waals surface area (Å²) in [5.41, 5.74) is 1.51. The molecule has 2 aliphatic heterocycles. The first-order chi connectivity index (χ1) is 13.8. The normalized spacial score (nSPS) is 21.8. The highest BCUT2D eigenvalue weighted by Crippen LogP contribution is 2.25. The number of benzene rings is 1. The van der Waals surface area contributed by atoms with Gasteiger partial charge < -0.3 is 14.2 Å². The van der Waals surface area contributed by atoms with Crippen molar-refractivity contribution >= 4 is 11.8 Å². The molecule has 0 bridgehead atoms. The molecule has 2 aliphatic rings. The molecule has 0 unspecified atom stereocenters. The molecule has 7 heteroatoms. The highest BCUT2D eigenvalue weighted by molar-refractivity contribution is 5.94. The van der Waals surface area contributed by atoms with E-state index in [2.05, 4.69) is 18.8 Å². The third-order valence-corrected chi connectivity index (χ3v) is 5.76. The van der Waals surface area contributed by atoms with Gasteiger partial charge >= 0.3 is 5.91 Å². The van der Waals surface area contributed by atoms with E-state index in [-0.39, 0.29) is 30.1 Å². The van der Waals surface area contributed by atoms with Crippen LogP contribution in [0.15, 0.2) is 22.6 Å². The van der Waals surface area contributed by atoms with Crippen LogP contribution in [-0.4, -0.2) is 46.2 Å². The highest BCUT2D eigenvalue weighted by atomic mass is 19.1. The number of carbonyl (C=O) groups is 2. The van der Waals surface area contributed by atoms with E-state index in [1.165, 1.54) is 12.1 Å². The molecule has 0 radical (unpaired) electrons. The summed E-state index contributed by atoms with van der Waals surface area (Å²) in [5, 5.41) is 0. The standard InChI is InChI=1S/C22H26FN3O3/c1-13-8-14(2)11-26(10-13)22(28)20-24-18-12-25(7-6-19(18)29-20)21(27)16-4-5-17(23)15(3)9-16/h4-5,9,13-14H,6-8,10-12H2,1-3H3/t13-,14+. The molecule has 1 aromatic carbocycles. The number of hydrogen-bond donors (Lipinski definition) is 0. The van der Waals surface area contributed by atoms with Crippen molar-refractivity contribution in [1.29, 1.82) is 0 Å². The Kier molecular flexibility index (Phi) is 5.15. The molecule has 0 N–H and O–H groups in total. The Morgan fingerprint density at radius 3 is 2.55 bits per heavy atom. The molecule has 2 aromatic rings. The maximum atomic E-state index is 13.5. The van der Waals surface area contributed by atoms with Crippen LogP contribution in [0.5, 0.6) is 0 Å². The Balaban J connectivity index is 1.49. The maximum absolute atomic E-state index is 13.5. The summed E-state index contributed by atoms with van der Waals surface area (Å²) >= 11 is 0. The molecule has 1 saturated heterocycles. The lowest BCUT2D eigenvalue weighted by Crippen LogP contribution is -2.42. The van der Waals surface area contributed by atoms with Crippen molar-refractivity contribution in [3.05, 3.63) is 52.5 Å². The van der Waals surface area contributed by atoms with Gasteiger partial charge in [-0.15, -0.1) is 0 Å². The highest BCUT2D eigenvalue weighted by Gasteiger charge is 2.32. The van der Waals surface area contributed by atoms with Crippen LogP contribution < -0.4 is 0 Å². The van der Waals surface area contributed by atoms with E-state index in [4.69, 9.17) is 4.42 Å². The van der Waals surface area contributed by atoms with Gasteiger partial charge in [-0.05, 0) is 48.9 Å². The number of oxazole rings is 1. The fourth-order valence-electron chi connectivity index (χ4n) is 4.39. The van der Waals surface area contributed by atoms with Gasteiger partial charge in [0.25, 0.3) is 11.8 Å². The summed E-state index contributed by atoms with van der Waals surface area (Å²) in [6.45, 7) is 8.12. The smallest absolute Gasteiger partial charge is 0.309 e. The van der Waals surface area contributed by atoms with E-state index in [1.54, 1.807) is 17.9 Å². The molecule has 2 atom stereocenters. The van der Waals surface area contributed by atoms with Gasteiger partial charge in [0, 0.05) is 31.6 Å². The van der Waals surface area contributed by atoms with Gasteiger partial charge in [0.15, 0.2) is 0 Å². The molecule has 0 spiro atoms. The molecule has 6 nitrogen and oxygen atoms in total. The molecule has 154 valence electrons. The van der Waals surface area contributed by atoms with Gasteiger partial charge in [-0.1, -0.05) is 13.8 Å². The zero-order valence-corrected chi connectivity index (χ0v) is 17.1. The number of likely N-dealkylation sites (tertiary alicyclic amines) is 1. The third kappa shape index (κ3) is 3.91. The summed E-state index contributed by atoms with van der Waals surface area (Å²) in [6, 6.07) is 4.37. The van der Waals surface area contributed by atoms with Crippen LogP contribution in [0.4, 0.5) is 4.39 Å². The van der Waals surface area contributed by atoms with Gasteiger partial charge in [0.2, 0.25) is 0 Å². The van der Waals surface area contributed by atoms with E-state index in [1.807, 2.05) is 4.90 Å². The fraction of sp³-hybridized carbons (Fsp3) is 0.500. The van der Waals surface area contributed by atoms with Gasteiger partial charge in [0.05, 0.1) is 6.54 Å². The first-order valence-corrected chi connectivity index (χ1v) is 10.1. The number of halogens is 1. The van der Waals surface area contributed by atoms with Crippen molar-refractivity contribution in [2.75, 3.05) is 19.6 Å². The molecule has 0 saturated carbocycles. The van der Waals surface area contributed by atoms with Gasteiger partial charge in [-0.2, -0.15) is 0 Å². The number of fused-ring (bicyclic) bond motifs is 1. The van der Waals surface area contributed by atoms with Crippen molar-refractivity contribution in [2.45, 2.75) is 40.2 Å². The van der Waals surface area contributed by atoms with Gasteiger partial charge in [0.1, 0.15) is 17.3 Å². The Morgan fingerprint density at radius 2 is 1.86 bits per heavy atom. The van der Waals surface area contributed by atoms with E-state index in [0.717, 1.165) is 6.42 Å². The average molecular weight is 399 g/mol. The lowest BCUT2D eigenvalue weighted by atomic mass is 9.92. The third-order valence-electron chi connectivity index (χ3n) is 5.76. The van der Waals surface area contributed by atoms with Crippen LogP contribution in [0.3, 0.4) is 0 Å². The number of aromatic nitrogens is 1. The van der Waals surface area contributed by atoms with Gasteiger partial charge in [-0.3, -0.25) is 9.59 Å². The van der Waals surface area contributed by atoms with E-state index in [9.17, 15) is 14.0 Å². The lowest BCUT2D eigenvalue weighted by Gasteiger charge is -2.34. The zero-order chi connectivity index (χ0) is 20.7. The van der Waals surface area contributed by atoms with E-state index >= 15 is 0 Å².